The van der Waals surface area contributed by atoms with Crippen LogP contribution in [0.3, 0.4) is 0 Å². The molecule has 1 rings (SSSR count). The Labute approximate surface area is 219 Å². The lowest BCUT2D eigenvalue weighted by Gasteiger charge is -2.16. The normalized spacial score (nSPS) is 21.0. The number of carboxylic acid groups (broad SMARTS) is 2. The number of rotatable bonds is 17. The van der Waals surface area contributed by atoms with E-state index in [4.69, 9.17) is 11.5 Å². The van der Waals surface area contributed by atoms with E-state index < -0.39 is 30.2 Å². The number of quaternary nitrogens is 1. The monoisotopic (exact) mass is 526 g/mol. The molecule has 0 heterocycles. The Bertz CT molecular complexity index is 766. The van der Waals surface area contributed by atoms with Crippen LogP contribution in [0.5, 0.6) is 0 Å². The molecule has 0 spiro atoms. The maximum atomic E-state index is 12.1. The summed E-state index contributed by atoms with van der Waals surface area (Å²) in [7, 11) is 0. The average molecular weight is 527 g/mol. The van der Waals surface area contributed by atoms with E-state index in [1.807, 2.05) is 12.2 Å². The number of carbonyl (C=O) groups is 3. The average Bonchev–Trinajstić information content (AvgIpc) is 3.09. The van der Waals surface area contributed by atoms with E-state index in [-0.39, 0.29) is 36.4 Å². The third-order valence-electron chi connectivity index (χ3n) is 6.09. The minimum absolute atomic E-state index is 0.0344. The number of allylic oxidation sites excluding steroid dienone is 2. The molecule has 0 amide bonds. The number of Topliss-reactive ketones (excluding diaryl/α,β-unsaturated/α-hetero) is 1. The van der Waals surface area contributed by atoms with Gasteiger partial charge in [0.1, 0.15) is 11.8 Å². The molecule has 0 aromatic carbocycles. The van der Waals surface area contributed by atoms with Gasteiger partial charge in [-0.25, -0.2) is 0 Å². The van der Waals surface area contributed by atoms with Gasteiger partial charge in [0, 0.05) is 30.6 Å². The molecule has 0 radical (unpaired) electrons. The lowest BCUT2D eigenvalue weighted by Crippen LogP contribution is -2.78. The van der Waals surface area contributed by atoms with Crippen molar-refractivity contribution in [1.82, 2.24) is 0 Å². The number of ketones is 1. The van der Waals surface area contributed by atoms with E-state index in [2.05, 4.69) is 17.6 Å². The first-order valence-corrected chi connectivity index (χ1v) is 13.1. The van der Waals surface area contributed by atoms with Crippen LogP contribution in [0.4, 0.5) is 0 Å². The van der Waals surface area contributed by atoms with Crippen LogP contribution in [-0.4, -0.2) is 58.7 Å². The first-order chi connectivity index (χ1) is 17.5. The van der Waals surface area contributed by atoms with Crippen LogP contribution in [0.2, 0.25) is 0 Å². The molecular formula is C26H46N4O7. The fourth-order valence-corrected chi connectivity index (χ4v) is 3.91. The van der Waals surface area contributed by atoms with Gasteiger partial charge in [0.15, 0.2) is 0 Å². The van der Waals surface area contributed by atoms with Gasteiger partial charge < -0.3 is 35.7 Å². The predicted molar refractivity (Wildman–Crippen MR) is 135 cm³/mol. The summed E-state index contributed by atoms with van der Waals surface area (Å²) in [6.45, 7) is 2.67. The van der Waals surface area contributed by atoms with E-state index in [0.29, 0.717) is 45.1 Å². The van der Waals surface area contributed by atoms with Crippen LogP contribution in [0, 0.1) is 11.8 Å². The predicted octanol–water partition coefficient (Wildman–Crippen LogP) is -3.60. The Morgan fingerprint density at radius 1 is 1.16 bits per heavy atom. The zero-order valence-corrected chi connectivity index (χ0v) is 22.0. The highest BCUT2D eigenvalue weighted by Crippen LogP contribution is 2.33. The number of carboxylic acids is 2. The van der Waals surface area contributed by atoms with Gasteiger partial charge >= 0.3 is 5.96 Å². The number of guanidine groups is 1. The van der Waals surface area contributed by atoms with E-state index >= 15 is 0 Å². The van der Waals surface area contributed by atoms with Gasteiger partial charge in [-0.1, -0.05) is 50.5 Å². The number of unbranched alkanes of at least 4 members (excludes halogenated alkanes) is 3. The molecule has 10 N–H and O–H groups in total. The van der Waals surface area contributed by atoms with Crippen molar-refractivity contribution in [2.24, 2.45) is 23.3 Å². The Morgan fingerprint density at radius 3 is 2.46 bits per heavy atom. The number of aliphatic hydroxyl groups is 2. The third kappa shape index (κ3) is 17.4. The largest absolute Gasteiger partial charge is 0.550 e. The molecule has 0 bridgehead atoms. The van der Waals surface area contributed by atoms with Crippen molar-refractivity contribution in [3.63, 3.8) is 0 Å². The zero-order chi connectivity index (χ0) is 28.2. The summed E-state index contributed by atoms with van der Waals surface area (Å²) in [6, 6.07) is -0.661. The molecule has 212 valence electrons. The topological polar surface area (TPSA) is 231 Å². The van der Waals surface area contributed by atoms with Crippen LogP contribution in [0.1, 0.15) is 77.6 Å². The van der Waals surface area contributed by atoms with Crippen LogP contribution in [-0.2, 0) is 14.4 Å². The van der Waals surface area contributed by atoms with Crippen molar-refractivity contribution < 1.29 is 45.5 Å². The molecule has 11 nitrogen and oxygen atoms in total. The number of aliphatic hydroxyl groups excluding tert-OH is 2. The number of nitrogens with two attached hydrogens (primary N) is 2. The summed E-state index contributed by atoms with van der Waals surface area (Å²) in [5.41, 5.74) is 13.6. The molecule has 0 aromatic heterocycles. The van der Waals surface area contributed by atoms with Crippen molar-refractivity contribution in [1.29, 1.82) is 0 Å². The summed E-state index contributed by atoms with van der Waals surface area (Å²) in [6.07, 6.45) is 12.9. The van der Waals surface area contributed by atoms with Crippen molar-refractivity contribution in [2.45, 2.75) is 95.8 Å². The summed E-state index contributed by atoms with van der Waals surface area (Å²) in [5, 5.41) is 40.6. The second kappa shape index (κ2) is 20.3. The SMILES string of the molecule is CCCCC[C@H](O)/C=C/[C@@H]1C(C/C=C\CCCC(=O)[O-])C(=O)C[C@H]1O.NC(N)=[NH+]CCC[C@H]([NH3+])C(=O)[O-]. The molecule has 37 heavy (non-hydrogen) atoms. The van der Waals surface area contributed by atoms with Crippen LogP contribution < -0.4 is 32.4 Å². The molecule has 0 aliphatic heterocycles. The minimum Gasteiger partial charge on any atom is -0.550 e. The lowest BCUT2D eigenvalue weighted by atomic mass is 9.90. The Kier molecular flexibility index (Phi) is 18.8. The minimum atomic E-state index is -1.13. The second-order valence-corrected chi connectivity index (χ2v) is 9.38. The highest BCUT2D eigenvalue weighted by atomic mass is 16.4. The molecule has 1 aliphatic rings. The molecule has 1 aliphatic carbocycles. The molecule has 1 unspecified atom stereocenters. The maximum Gasteiger partial charge on any atom is 0.338 e. The quantitative estimate of drug-likeness (QED) is 0.0475. The molecule has 0 aromatic rings. The molecular weight excluding hydrogens is 480 g/mol. The number of hydrogen-bond donors (Lipinski definition) is 6. The van der Waals surface area contributed by atoms with Gasteiger partial charge in [-0.15, -0.1) is 0 Å². The van der Waals surface area contributed by atoms with Crippen molar-refractivity contribution >= 4 is 23.7 Å². The van der Waals surface area contributed by atoms with Crippen molar-refractivity contribution in [3.05, 3.63) is 24.3 Å². The van der Waals surface area contributed by atoms with Gasteiger partial charge in [0.25, 0.3) is 0 Å². The summed E-state index contributed by atoms with van der Waals surface area (Å²) in [5.74, 6) is -2.52. The first kappa shape index (κ1) is 34.2. The Morgan fingerprint density at radius 2 is 1.86 bits per heavy atom. The second-order valence-electron chi connectivity index (χ2n) is 9.38. The smallest absolute Gasteiger partial charge is 0.338 e. The first-order valence-electron chi connectivity index (χ1n) is 13.1. The van der Waals surface area contributed by atoms with Crippen molar-refractivity contribution in [2.75, 3.05) is 6.54 Å². The zero-order valence-electron chi connectivity index (χ0n) is 22.0. The van der Waals surface area contributed by atoms with Gasteiger partial charge in [-0.3, -0.25) is 21.3 Å². The van der Waals surface area contributed by atoms with Gasteiger partial charge in [-0.2, -0.15) is 0 Å². The molecule has 1 saturated carbocycles. The van der Waals surface area contributed by atoms with Gasteiger partial charge in [0.05, 0.1) is 24.7 Å². The van der Waals surface area contributed by atoms with Crippen LogP contribution in [0.15, 0.2) is 24.3 Å². The fourth-order valence-electron chi connectivity index (χ4n) is 3.91. The van der Waals surface area contributed by atoms with Crippen LogP contribution >= 0.6 is 0 Å². The van der Waals surface area contributed by atoms with Gasteiger partial charge in [0.2, 0.25) is 0 Å². The fraction of sp³-hybridized carbons (Fsp3) is 0.692. The van der Waals surface area contributed by atoms with E-state index in [9.17, 15) is 34.8 Å². The van der Waals surface area contributed by atoms with E-state index in [0.717, 1.165) is 19.3 Å². The number of aliphatic carboxylic acids is 2. The molecule has 1 fully saturated rings. The van der Waals surface area contributed by atoms with Crippen LogP contribution in [0.25, 0.3) is 0 Å². The number of carbonyl (C=O) groups excluding carboxylic acids is 3. The number of hydrogen-bond acceptors (Lipinski definition) is 7. The third-order valence-corrected chi connectivity index (χ3v) is 6.09. The van der Waals surface area contributed by atoms with E-state index in [1.54, 1.807) is 12.2 Å². The highest BCUT2D eigenvalue weighted by Gasteiger charge is 2.39. The van der Waals surface area contributed by atoms with Gasteiger partial charge in [-0.05, 0) is 38.5 Å². The molecule has 5 atom stereocenters. The Balaban J connectivity index is 0.000000908. The molecule has 11 heteroatoms. The Hall–Kier alpha value is -2.76. The number of nitrogens with one attached hydrogen (secondary N) is 1. The van der Waals surface area contributed by atoms with Crippen molar-refractivity contribution in [3.8, 4) is 0 Å². The highest BCUT2D eigenvalue weighted by molar-refractivity contribution is 5.84. The summed E-state index contributed by atoms with van der Waals surface area (Å²) >= 11 is 0. The summed E-state index contributed by atoms with van der Waals surface area (Å²) < 4.78 is 0. The maximum absolute atomic E-state index is 12.1. The lowest BCUT2D eigenvalue weighted by molar-refractivity contribution is -0.466. The standard InChI is InChI=1S/C20H32O5.C6H14N4O2/c1-2-3-6-9-15(21)12-13-17-16(18(22)14-19(17)23)10-7-4-5-8-11-20(24)25;7-4(5(11)12)2-1-3-10-6(8)9/h4,7,12-13,15-17,19,21,23H,2-3,5-6,8-11,14H2,1H3,(H,24,25);4H,1-3,7H2,(H,11,12)(H4,8,9,10)/b7-4-,13-12+;/t15-,16?,17+,19+;4-/m00/s1. The molecule has 0 saturated heterocycles. The van der Waals surface area contributed by atoms with E-state index in [1.165, 1.54) is 0 Å². The summed E-state index contributed by atoms with van der Waals surface area (Å²) in [4.78, 5) is 35.3.